The van der Waals surface area contributed by atoms with Crippen LogP contribution in [0.4, 0.5) is 5.69 Å². The molecule has 1 aliphatic rings. The number of amides is 1. The first-order valence-electron chi connectivity index (χ1n) is 8.67. The number of carbonyl (C=O) groups excluding carboxylic acids is 1. The van der Waals surface area contributed by atoms with Crippen LogP contribution in [0.25, 0.3) is 0 Å². The molecule has 0 bridgehead atoms. The van der Waals surface area contributed by atoms with Crippen molar-refractivity contribution in [2.45, 2.75) is 51.5 Å². The Balaban J connectivity index is 1.45. The van der Waals surface area contributed by atoms with Crippen LogP contribution in [0.1, 0.15) is 55.8 Å². The van der Waals surface area contributed by atoms with E-state index in [0.29, 0.717) is 31.1 Å². The van der Waals surface area contributed by atoms with Crippen LogP contribution >= 0.6 is 0 Å². The molecule has 1 saturated carbocycles. The van der Waals surface area contributed by atoms with Crippen molar-refractivity contribution in [2.24, 2.45) is 0 Å². The summed E-state index contributed by atoms with van der Waals surface area (Å²) in [6.45, 7) is 3.71. The molecule has 1 aliphatic carbocycles. The van der Waals surface area contributed by atoms with Crippen LogP contribution in [-0.4, -0.2) is 22.6 Å². The molecule has 0 radical (unpaired) electrons. The van der Waals surface area contributed by atoms with E-state index in [1.807, 2.05) is 24.3 Å². The van der Waals surface area contributed by atoms with Crippen molar-refractivity contribution in [1.29, 1.82) is 0 Å². The Morgan fingerprint density at radius 3 is 2.96 bits per heavy atom. The minimum atomic E-state index is 0.0147. The average Bonchev–Trinajstić information content (AvgIpc) is 3.33. The molecule has 6 heteroatoms. The van der Waals surface area contributed by atoms with Gasteiger partial charge in [-0.1, -0.05) is 30.3 Å². The summed E-state index contributed by atoms with van der Waals surface area (Å²) in [5, 5.41) is 10.3. The normalized spacial score (nSPS) is 13.9. The van der Waals surface area contributed by atoms with E-state index in [2.05, 4.69) is 27.7 Å². The van der Waals surface area contributed by atoms with E-state index < -0.39 is 0 Å². The van der Waals surface area contributed by atoms with E-state index in [1.165, 1.54) is 0 Å². The largest absolute Gasteiger partial charge is 0.339 e. The highest BCUT2D eigenvalue weighted by Crippen LogP contribution is 2.38. The Kier molecular flexibility index (Phi) is 5.59. The second-order valence-corrected chi connectivity index (χ2v) is 6.16. The van der Waals surface area contributed by atoms with Crippen LogP contribution in [-0.2, 0) is 17.8 Å². The maximum atomic E-state index is 12.2. The first kappa shape index (κ1) is 16.6. The number of carbonyl (C=O) groups is 1. The highest BCUT2D eigenvalue weighted by atomic mass is 16.5. The number of aryl methyl sites for hydroxylation is 1. The fraction of sp³-hybridized carbons (Fsp3) is 0.500. The van der Waals surface area contributed by atoms with Crippen molar-refractivity contribution in [3.05, 3.63) is 41.5 Å². The summed E-state index contributed by atoms with van der Waals surface area (Å²) in [6.07, 6.45) is 4.11. The van der Waals surface area contributed by atoms with Gasteiger partial charge in [0, 0.05) is 31.0 Å². The topological polar surface area (TPSA) is 80.0 Å². The van der Waals surface area contributed by atoms with Crippen molar-refractivity contribution in [1.82, 2.24) is 15.5 Å². The molecule has 1 heterocycles. The SMILES string of the molecule is CCNCc1ccccc1NC(=O)CCCc1nc(C2CC2)no1. The lowest BCUT2D eigenvalue weighted by atomic mass is 10.1. The molecule has 0 unspecified atom stereocenters. The summed E-state index contributed by atoms with van der Waals surface area (Å²) in [7, 11) is 0. The third kappa shape index (κ3) is 4.64. The van der Waals surface area contributed by atoms with Crippen molar-refractivity contribution in [3.63, 3.8) is 0 Å². The zero-order valence-electron chi connectivity index (χ0n) is 14.0. The van der Waals surface area contributed by atoms with Crippen LogP contribution < -0.4 is 10.6 Å². The Bertz CT molecular complexity index is 679. The Labute approximate surface area is 142 Å². The molecule has 24 heavy (non-hydrogen) atoms. The zero-order valence-corrected chi connectivity index (χ0v) is 14.0. The lowest BCUT2D eigenvalue weighted by molar-refractivity contribution is -0.116. The minimum Gasteiger partial charge on any atom is -0.339 e. The quantitative estimate of drug-likeness (QED) is 0.739. The van der Waals surface area contributed by atoms with Crippen molar-refractivity contribution in [3.8, 4) is 0 Å². The Morgan fingerprint density at radius 1 is 1.33 bits per heavy atom. The van der Waals surface area contributed by atoms with Crippen LogP contribution in [0.15, 0.2) is 28.8 Å². The molecule has 2 N–H and O–H groups in total. The van der Waals surface area contributed by atoms with Crippen molar-refractivity contribution < 1.29 is 9.32 Å². The standard InChI is InChI=1S/C18H24N4O2/c1-2-19-12-14-6-3-4-7-15(14)20-16(23)8-5-9-17-21-18(22-24-17)13-10-11-13/h3-4,6-7,13,19H,2,5,8-12H2,1H3,(H,20,23). The van der Waals surface area contributed by atoms with Crippen LogP contribution in [0.2, 0.25) is 0 Å². The predicted octanol–water partition coefficient (Wildman–Crippen LogP) is 3.02. The van der Waals surface area contributed by atoms with Crippen LogP contribution in [0, 0.1) is 0 Å². The molecule has 1 aromatic carbocycles. The van der Waals surface area contributed by atoms with Gasteiger partial charge in [0.1, 0.15) is 0 Å². The first-order valence-corrected chi connectivity index (χ1v) is 8.67. The number of benzene rings is 1. The van der Waals surface area contributed by atoms with Gasteiger partial charge in [-0.2, -0.15) is 4.98 Å². The number of rotatable bonds is 9. The van der Waals surface area contributed by atoms with E-state index in [1.54, 1.807) is 0 Å². The molecule has 3 rings (SSSR count). The molecule has 1 fully saturated rings. The molecule has 128 valence electrons. The number of nitrogens with zero attached hydrogens (tertiary/aromatic N) is 2. The number of hydrogen-bond acceptors (Lipinski definition) is 5. The molecule has 2 aromatic rings. The molecule has 1 amide bonds. The number of aromatic nitrogens is 2. The molecular weight excluding hydrogens is 304 g/mol. The third-order valence-corrected chi connectivity index (χ3v) is 4.08. The molecule has 0 atom stereocenters. The molecular formula is C18H24N4O2. The number of hydrogen-bond donors (Lipinski definition) is 2. The minimum absolute atomic E-state index is 0.0147. The van der Waals surface area contributed by atoms with Gasteiger partial charge in [0.15, 0.2) is 5.82 Å². The van der Waals surface area contributed by atoms with Gasteiger partial charge < -0.3 is 15.2 Å². The maximum absolute atomic E-state index is 12.2. The van der Waals surface area contributed by atoms with E-state index in [-0.39, 0.29) is 5.91 Å². The highest BCUT2D eigenvalue weighted by molar-refractivity contribution is 5.91. The van der Waals surface area contributed by atoms with Crippen LogP contribution in [0.5, 0.6) is 0 Å². The number of nitrogens with one attached hydrogen (secondary N) is 2. The first-order chi connectivity index (χ1) is 11.8. The van der Waals surface area contributed by atoms with Crippen molar-refractivity contribution in [2.75, 3.05) is 11.9 Å². The monoisotopic (exact) mass is 328 g/mol. The molecule has 6 nitrogen and oxygen atoms in total. The average molecular weight is 328 g/mol. The highest BCUT2D eigenvalue weighted by Gasteiger charge is 2.28. The fourth-order valence-corrected chi connectivity index (χ4v) is 2.55. The summed E-state index contributed by atoms with van der Waals surface area (Å²) in [4.78, 5) is 16.5. The molecule has 0 aliphatic heterocycles. The van der Waals surface area contributed by atoms with Gasteiger partial charge >= 0.3 is 0 Å². The third-order valence-electron chi connectivity index (χ3n) is 4.08. The van der Waals surface area contributed by atoms with Gasteiger partial charge in [-0.3, -0.25) is 4.79 Å². The molecule has 0 spiro atoms. The Hall–Kier alpha value is -2.21. The van der Waals surface area contributed by atoms with Gasteiger partial charge in [0.25, 0.3) is 0 Å². The van der Waals surface area contributed by atoms with E-state index in [9.17, 15) is 4.79 Å². The zero-order chi connectivity index (χ0) is 16.8. The summed E-state index contributed by atoms with van der Waals surface area (Å²) >= 11 is 0. The lowest BCUT2D eigenvalue weighted by Gasteiger charge is -2.11. The summed E-state index contributed by atoms with van der Waals surface area (Å²) in [5.41, 5.74) is 1.97. The van der Waals surface area contributed by atoms with Crippen LogP contribution in [0.3, 0.4) is 0 Å². The van der Waals surface area contributed by atoms with Gasteiger partial charge in [0.2, 0.25) is 11.8 Å². The molecule has 1 aromatic heterocycles. The van der Waals surface area contributed by atoms with E-state index >= 15 is 0 Å². The van der Waals surface area contributed by atoms with E-state index in [0.717, 1.165) is 43.0 Å². The van der Waals surface area contributed by atoms with Gasteiger partial charge in [-0.25, -0.2) is 0 Å². The Morgan fingerprint density at radius 2 is 2.17 bits per heavy atom. The summed E-state index contributed by atoms with van der Waals surface area (Å²) in [5.74, 6) is 1.98. The molecule has 0 saturated heterocycles. The lowest BCUT2D eigenvalue weighted by Crippen LogP contribution is -2.17. The maximum Gasteiger partial charge on any atom is 0.226 e. The van der Waals surface area contributed by atoms with Gasteiger partial charge in [0.05, 0.1) is 0 Å². The van der Waals surface area contributed by atoms with Crippen molar-refractivity contribution >= 4 is 11.6 Å². The predicted molar refractivity (Wildman–Crippen MR) is 91.7 cm³/mol. The summed E-state index contributed by atoms with van der Waals surface area (Å²) in [6, 6.07) is 7.87. The summed E-state index contributed by atoms with van der Waals surface area (Å²) < 4.78 is 5.23. The fourth-order valence-electron chi connectivity index (χ4n) is 2.55. The number of anilines is 1. The number of para-hydroxylation sites is 1. The smallest absolute Gasteiger partial charge is 0.226 e. The second-order valence-electron chi connectivity index (χ2n) is 6.16. The van der Waals surface area contributed by atoms with E-state index in [4.69, 9.17) is 4.52 Å². The van der Waals surface area contributed by atoms with Gasteiger partial charge in [-0.05, 0) is 37.4 Å². The second kappa shape index (κ2) is 8.06. The van der Waals surface area contributed by atoms with Gasteiger partial charge in [-0.15, -0.1) is 0 Å².